The van der Waals surface area contributed by atoms with Crippen LogP contribution >= 0.6 is 0 Å². The largest absolute Gasteiger partial charge is 0.340 e. The molecule has 0 radical (unpaired) electrons. The Bertz CT molecular complexity index is 1280. The SMILES string of the molecule is CC(C)(C)c1nc(-c2ccc(NC(=O)C(Cc3ccccc3)NC(=O)c3ccccc3)cc2)no1. The van der Waals surface area contributed by atoms with E-state index >= 15 is 0 Å². The molecule has 0 bridgehead atoms. The molecule has 0 aliphatic rings. The van der Waals surface area contributed by atoms with Crippen molar-refractivity contribution in [3.8, 4) is 11.4 Å². The van der Waals surface area contributed by atoms with Gasteiger partial charge in [0.25, 0.3) is 5.91 Å². The molecule has 1 atom stereocenters. The summed E-state index contributed by atoms with van der Waals surface area (Å²) in [4.78, 5) is 30.4. The minimum absolute atomic E-state index is 0.239. The normalized spacial score (nSPS) is 12.1. The predicted molar refractivity (Wildman–Crippen MR) is 135 cm³/mol. The van der Waals surface area contributed by atoms with Crippen molar-refractivity contribution in [1.29, 1.82) is 0 Å². The average Bonchev–Trinajstić information content (AvgIpc) is 3.36. The van der Waals surface area contributed by atoms with Crippen molar-refractivity contribution in [1.82, 2.24) is 15.5 Å². The number of carbonyl (C=O) groups is 2. The smallest absolute Gasteiger partial charge is 0.251 e. The van der Waals surface area contributed by atoms with E-state index in [9.17, 15) is 9.59 Å². The van der Waals surface area contributed by atoms with Crippen molar-refractivity contribution in [3.05, 3.63) is 102 Å². The third-order valence-electron chi connectivity index (χ3n) is 5.42. The van der Waals surface area contributed by atoms with Crippen LogP contribution in [-0.2, 0) is 16.6 Å². The zero-order chi connectivity index (χ0) is 24.8. The van der Waals surface area contributed by atoms with E-state index in [0.29, 0.717) is 29.4 Å². The molecule has 178 valence electrons. The Labute approximate surface area is 204 Å². The maximum absolute atomic E-state index is 13.2. The quantitative estimate of drug-likeness (QED) is 0.397. The first kappa shape index (κ1) is 23.9. The first-order valence-electron chi connectivity index (χ1n) is 11.4. The van der Waals surface area contributed by atoms with Gasteiger partial charge in [0.05, 0.1) is 0 Å². The second kappa shape index (κ2) is 10.3. The van der Waals surface area contributed by atoms with E-state index in [0.717, 1.165) is 11.1 Å². The van der Waals surface area contributed by atoms with Crippen LogP contribution in [0.3, 0.4) is 0 Å². The van der Waals surface area contributed by atoms with Crippen molar-refractivity contribution in [3.63, 3.8) is 0 Å². The Kier molecular flexibility index (Phi) is 7.06. The highest BCUT2D eigenvalue weighted by Gasteiger charge is 2.23. The van der Waals surface area contributed by atoms with Crippen LogP contribution in [0.25, 0.3) is 11.4 Å². The molecular formula is C28H28N4O3. The second-order valence-electron chi connectivity index (χ2n) is 9.32. The van der Waals surface area contributed by atoms with E-state index in [-0.39, 0.29) is 17.2 Å². The van der Waals surface area contributed by atoms with Gasteiger partial charge in [-0.2, -0.15) is 4.98 Å². The fraction of sp³-hybridized carbons (Fsp3) is 0.214. The first-order valence-corrected chi connectivity index (χ1v) is 11.4. The van der Waals surface area contributed by atoms with Crippen LogP contribution < -0.4 is 10.6 Å². The topological polar surface area (TPSA) is 97.1 Å². The standard InChI is InChI=1S/C28H28N4O3/c1-28(2,3)27-31-24(32-35-27)20-14-16-22(17-15-20)29-26(34)23(18-19-10-6-4-7-11-19)30-25(33)21-12-8-5-9-13-21/h4-17,23H,18H2,1-3H3,(H,29,34)(H,30,33). The van der Waals surface area contributed by atoms with Gasteiger partial charge < -0.3 is 15.2 Å². The van der Waals surface area contributed by atoms with E-state index < -0.39 is 6.04 Å². The number of rotatable bonds is 7. The van der Waals surface area contributed by atoms with Crippen LogP contribution in [-0.4, -0.2) is 28.0 Å². The monoisotopic (exact) mass is 468 g/mol. The van der Waals surface area contributed by atoms with Crippen LogP contribution in [0.1, 0.15) is 42.6 Å². The summed E-state index contributed by atoms with van der Waals surface area (Å²) < 4.78 is 5.37. The van der Waals surface area contributed by atoms with Crippen molar-refractivity contribution in [2.45, 2.75) is 38.6 Å². The van der Waals surface area contributed by atoms with Crippen LogP contribution in [0.2, 0.25) is 0 Å². The Balaban J connectivity index is 1.48. The Morgan fingerprint density at radius 3 is 2.11 bits per heavy atom. The van der Waals surface area contributed by atoms with Crippen molar-refractivity contribution in [2.24, 2.45) is 0 Å². The fourth-order valence-electron chi connectivity index (χ4n) is 3.47. The third-order valence-corrected chi connectivity index (χ3v) is 5.42. The van der Waals surface area contributed by atoms with Crippen LogP contribution in [0.4, 0.5) is 5.69 Å². The fourth-order valence-corrected chi connectivity index (χ4v) is 3.47. The number of amides is 2. The third kappa shape index (κ3) is 6.20. The van der Waals surface area contributed by atoms with Gasteiger partial charge in [-0.25, -0.2) is 0 Å². The molecule has 1 heterocycles. The second-order valence-corrected chi connectivity index (χ2v) is 9.32. The Morgan fingerprint density at radius 1 is 0.886 bits per heavy atom. The summed E-state index contributed by atoms with van der Waals surface area (Å²) in [5.74, 6) is 0.442. The molecule has 1 unspecified atom stereocenters. The summed E-state index contributed by atoms with van der Waals surface area (Å²) >= 11 is 0. The average molecular weight is 469 g/mol. The molecule has 2 amide bonds. The molecule has 1 aromatic heterocycles. The van der Waals surface area contributed by atoms with Crippen molar-refractivity contribution in [2.75, 3.05) is 5.32 Å². The number of nitrogens with one attached hydrogen (secondary N) is 2. The van der Waals surface area contributed by atoms with Gasteiger partial charge in [0.2, 0.25) is 17.6 Å². The van der Waals surface area contributed by atoms with Crippen molar-refractivity contribution >= 4 is 17.5 Å². The van der Waals surface area contributed by atoms with Gasteiger partial charge >= 0.3 is 0 Å². The molecule has 3 aromatic carbocycles. The molecule has 2 N–H and O–H groups in total. The minimum Gasteiger partial charge on any atom is -0.340 e. The summed E-state index contributed by atoms with van der Waals surface area (Å²) in [5.41, 5.74) is 2.59. The number of anilines is 1. The minimum atomic E-state index is -0.753. The van der Waals surface area contributed by atoms with Gasteiger partial charge in [-0.05, 0) is 42.0 Å². The van der Waals surface area contributed by atoms with Gasteiger partial charge in [-0.3, -0.25) is 9.59 Å². The number of nitrogens with zero attached hydrogens (tertiary/aromatic N) is 2. The molecule has 7 heteroatoms. The zero-order valence-electron chi connectivity index (χ0n) is 20.0. The molecule has 4 aromatic rings. The lowest BCUT2D eigenvalue weighted by Gasteiger charge is -2.19. The lowest BCUT2D eigenvalue weighted by molar-refractivity contribution is -0.118. The molecule has 0 spiro atoms. The number of hydrogen-bond donors (Lipinski definition) is 2. The van der Waals surface area contributed by atoms with E-state index in [2.05, 4.69) is 20.8 Å². The van der Waals surface area contributed by atoms with E-state index in [1.807, 2.05) is 69.3 Å². The van der Waals surface area contributed by atoms with Gasteiger partial charge in [-0.15, -0.1) is 0 Å². The molecular weight excluding hydrogens is 440 g/mol. The number of hydrogen-bond acceptors (Lipinski definition) is 5. The van der Waals surface area contributed by atoms with E-state index in [1.165, 1.54) is 0 Å². The van der Waals surface area contributed by atoms with Crippen LogP contribution in [0.15, 0.2) is 89.5 Å². The summed E-state index contributed by atoms with van der Waals surface area (Å²) in [7, 11) is 0. The zero-order valence-corrected chi connectivity index (χ0v) is 20.0. The molecule has 0 saturated heterocycles. The summed E-state index contributed by atoms with van der Waals surface area (Å²) in [6.07, 6.45) is 0.363. The highest BCUT2D eigenvalue weighted by Crippen LogP contribution is 2.24. The first-order chi connectivity index (χ1) is 16.8. The molecule has 0 aliphatic heterocycles. The molecule has 0 saturated carbocycles. The van der Waals surface area contributed by atoms with E-state index in [1.54, 1.807) is 36.4 Å². The summed E-state index contributed by atoms with van der Waals surface area (Å²) in [5, 5.41) is 9.84. The van der Waals surface area contributed by atoms with Crippen LogP contribution in [0, 0.1) is 0 Å². The highest BCUT2D eigenvalue weighted by atomic mass is 16.5. The summed E-state index contributed by atoms with van der Waals surface area (Å²) in [6.45, 7) is 6.02. The molecule has 4 rings (SSSR count). The Hall–Kier alpha value is -4.26. The lowest BCUT2D eigenvalue weighted by Crippen LogP contribution is -2.45. The molecule has 7 nitrogen and oxygen atoms in total. The van der Waals surface area contributed by atoms with Crippen LogP contribution in [0.5, 0.6) is 0 Å². The maximum atomic E-state index is 13.2. The number of carbonyl (C=O) groups excluding carboxylic acids is 2. The molecule has 0 fully saturated rings. The van der Waals surface area contributed by atoms with Gasteiger partial charge in [0.1, 0.15) is 6.04 Å². The Morgan fingerprint density at radius 2 is 1.51 bits per heavy atom. The highest BCUT2D eigenvalue weighted by molar-refractivity contribution is 6.01. The maximum Gasteiger partial charge on any atom is 0.251 e. The number of benzene rings is 3. The van der Waals surface area contributed by atoms with Gasteiger partial charge in [-0.1, -0.05) is 74.5 Å². The van der Waals surface area contributed by atoms with Crippen molar-refractivity contribution < 1.29 is 14.1 Å². The number of aromatic nitrogens is 2. The molecule has 0 aliphatic carbocycles. The summed E-state index contributed by atoms with van der Waals surface area (Å²) in [6, 6.07) is 24.9. The molecule has 35 heavy (non-hydrogen) atoms. The van der Waals surface area contributed by atoms with Gasteiger partial charge in [0, 0.05) is 28.7 Å². The lowest BCUT2D eigenvalue weighted by atomic mass is 9.97. The van der Waals surface area contributed by atoms with E-state index in [4.69, 9.17) is 4.52 Å². The predicted octanol–water partition coefficient (Wildman–Crippen LogP) is 5.01. The van der Waals surface area contributed by atoms with Gasteiger partial charge in [0.15, 0.2) is 0 Å².